The summed E-state index contributed by atoms with van der Waals surface area (Å²) in [6, 6.07) is 20.5. The van der Waals surface area contributed by atoms with Crippen LogP contribution in [-0.2, 0) is 17.8 Å². The zero-order valence-electron chi connectivity index (χ0n) is 22.2. The normalized spacial score (nSPS) is 11.5. The van der Waals surface area contributed by atoms with Gasteiger partial charge in [-0.25, -0.2) is 4.79 Å². The molecule has 202 valence electrons. The number of rotatable bonds is 16. The van der Waals surface area contributed by atoms with Gasteiger partial charge in [0, 0.05) is 6.54 Å². The van der Waals surface area contributed by atoms with E-state index in [-0.39, 0.29) is 0 Å². The number of nitrogens with one attached hydrogen (secondary N) is 1. The Labute approximate surface area is 224 Å². The zero-order chi connectivity index (χ0) is 27.2. The van der Waals surface area contributed by atoms with E-state index in [0.29, 0.717) is 30.9 Å². The maximum absolute atomic E-state index is 12.5. The van der Waals surface area contributed by atoms with Crippen molar-refractivity contribution in [1.82, 2.24) is 5.32 Å². The fourth-order valence-electron chi connectivity index (χ4n) is 3.91. The highest BCUT2D eigenvalue weighted by Gasteiger charge is 2.18. The van der Waals surface area contributed by atoms with Crippen LogP contribution < -0.4 is 19.5 Å². The number of ether oxygens (including phenoxy) is 3. The minimum atomic E-state index is -0.932. The molecule has 1 atom stereocenters. The van der Waals surface area contributed by atoms with Gasteiger partial charge in [0.15, 0.2) is 0 Å². The van der Waals surface area contributed by atoms with Crippen LogP contribution in [-0.4, -0.2) is 36.8 Å². The van der Waals surface area contributed by atoms with Gasteiger partial charge in [0.1, 0.15) is 23.3 Å². The minimum absolute atomic E-state index is 0.291. The van der Waals surface area contributed by atoms with Crippen molar-refractivity contribution in [3.05, 3.63) is 89.5 Å². The number of esters is 1. The van der Waals surface area contributed by atoms with Crippen LogP contribution in [0.4, 0.5) is 0 Å². The fraction of sp³-hybridized carbons (Fsp3) is 0.355. The average Bonchev–Trinajstić information content (AvgIpc) is 2.94. The van der Waals surface area contributed by atoms with Crippen molar-refractivity contribution >= 4 is 11.9 Å². The first-order valence-electron chi connectivity index (χ1n) is 13.1. The lowest BCUT2D eigenvalue weighted by Crippen LogP contribution is -2.38. The van der Waals surface area contributed by atoms with Gasteiger partial charge in [0.25, 0.3) is 0 Å². The monoisotopic (exact) mass is 519 g/mol. The Bertz CT molecular complexity index is 1130. The lowest BCUT2D eigenvalue weighted by Gasteiger charge is -2.15. The fourth-order valence-corrected chi connectivity index (χ4v) is 3.91. The molecule has 3 aromatic rings. The van der Waals surface area contributed by atoms with Gasteiger partial charge in [-0.05, 0) is 72.5 Å². The number of unbranched alkanes of at least 4 members (excludes halogenated alkanes) is 4. The predicted molar refractivity (Wildman–Crippen MR) is 147 cm³/mol. The topological polar surface area (TPSA) is 94.1 Å². The molecule has 0 bridgehead atoms. The third-order valence-corrected chi connectivity index (χ3v) is 6.19. The Morgan fingerprint density at radius 2 is 1.39 bits per heavy atom. The van der Waals surface area contributed by atoms with Gasteiger partial charge < -0.3 is 24.6 Å². The molecular weight excluding hydrogens is 482 g/mol. The Morgan fingerprint density at radius 3 is 2.03 bits per heavy atom. The molecule has 0 aliphatic rings. The SMILES string of the molecule is CCCCCCCOc1ccc(C(=O)Oc2ccc(CC(NCc3ccc(OC)cc3)C(=O)O)cc2)cc1. The molecule has 7 nitrogen and oxygen atoms in total. The number of methoxy groups -OCH3 is 1. The number of carbonyl (C=O) groups excluding carboxylic acids is 1. The highest BCUT2D eigenvalue weighted by atomic mass is 16.5. The van der Waals surface area contributed by atoms with E-state index in [4.69, 9.17) is 14.2 Å². The van der Waals surface area contributed by atoms with Crippen molar-refractivity contribution in [1.29, 1.82) is 0 Å². The van der Waals surface area contributed by atoms with E-state index in [1.807, 2.05) is 24.3 Å². The number of carboxylic acid groups (broad SMARTS) is 1. The van der Waals surface area contributed by atoms with Crippen molar-refractivity contribution in [2.24, 2.45) is 0 Å². The maximum Gasteiger partial charge on any atom is 0.343 e. The molecule has 0 aliphatic heterocycles. The van der Waals surface area contributed by atoms with Crippen LogP contribution in [0.5, 0.6) is 17.2 Å². The summed E-state index contributed by atoms with van der Waals surface area (Å²) in [5.74, 6) is 0.476. The Hall–Kier alpha value is -3.84. The molecular formula is C31H37NO6. The first kappa shape index (κ1) is 28.7. The second-order valence-corrected chi connectivity index (χ2v) is 9.14. The minimum Gasteiger partial charge on any atom is -0.497 e. The summed E-state index contributed by atoms with van der Waals surface area (Å²) in [5, 5.41) is 12.7. The smallest absolute Gasteiger partial charge is 0.343 e. The largest absolute Gasteiger partial charge is 0.497 e. The molecule has 7 heteroatoms. The number of carbonyl (C=O) groups is 2. The summed E-state index contributed by atoms with van der Waals surface area (Å²) in [6.07, 6.45) is 6.18. The molecule has 2 N–H and O–H groups in total. The van der Waals surface area contributed by atoms with Crippen LogP contribution in [0.1, 0.15) is 60.5 Å². The van der Waals surface area contributed by atoms with Crippen molar-refractivity contribution in [3.63, 3.8) is 0 Å². The molecule has 3 aromatic carbocycles. The van der Waals surface area contributed by atoms with Crippen LogP contribution >= 0.6 is 0 Å². The summed E-state index contributed by atoms with van der Waals surface area (Å²) in [5.41, 5.74) is 2.20. The van der Waals surface area contributed by atoms with Crippen LogP contribution in [0.3, 0.4) is 0 Å². The van der Waals surface area contributed by atoms with Gasteiger partial charge in [-0.3, -0.25) is 4.79 Å². The van der Waals surface area contributed by atoms with E-state index in [2.05, 4.69) is 12.2 Å². The third kappa shape index (κ3) is 9.56. The van der Waals surface area contributed by atoms with Gasteiger partial charge in [-0.1, -0.05) is 56.9 Å². The molecule has 0 amide bonds. The molecule has 0 fully saturated rings. The lowest BCUT2D eigenvalue weighted by molar-refractivity contribution is -0.139. The number of hydrogen-bond donors (Lipinski definition) is 2. The molecule has 0 spiro atoms. The molecule has 38 heavy (non-hydrogen) atoms. The molecule has 1 unspecified atom stereocenters. The average molecular weight is 520 g/mol. The first-order valence-corrected chi connectivity index (χ1v) is 13.1. The molecule has 0 aliphatic carbocycles. The molecule has 3 rings (SSSR count). The third-order valence-electron chi connectivity index (χ3n) is 6.19. The van der Waals surface area contributed by atoms with E-state index in [1.165, 1.54) is 19.3 Å². The quantitative estimate of drug-likeness (QED) is 0.135. The number of aliphatic carboxylic acids is 1. The van der Waals surface area contributed by atoms with E-state index >= 15 is 0 Å². The number of benzene rings is 3. The van der Waals surface area contributed by atoms with E-state index < -0.39 is 18.0 Å². The number of carboxylic acids is 1. The summed E-state index contributed by atoms with van der Waals surface area (Å²) in [7, 11) is 1.60. The van der Waals surface area contributed by atoms with Crippen molar-refractivity contribution in [2.75, 3.05) is 13.7 Å². The van der Waals surface area contributed by atoms with E-state index in [9.17, 15) is 14.7 Å². The van der Waals surface area contributed by atoms with E-state index in [1.54, 1.807) is 55.6 Å². The second kappa shape index (κ2) is 15.4. The molecule has 0 saturated carbocycles. The van der Waals surface area contributed by atoms with Gasteiger partial charge in [-0.2, -0.15) is 0 Å². The Kier molecular flexibility index (Phi) is 11.7. The van der Waals surface area contributed by atoms with Crippen LogP contribution in [0.2, 0.25) is 0 Å². The van der Waals surface area contributed by atoms with Gasteiger partial charge in [-0.15, -0.1) is 0 Å². The molecule has 0 radical (unpaired) electrons. The van der Waals surface area contributed by atoms with Crippen molar-refractivity contribution in [3.8, 4) is 17.2 Å². The summed E-state index contributed by atoms with van der Waals surface area (Å²) in [6.45, 7) is 3.28. The van der Waals surface area contributed by atoms with Crippen molar-refractivity contribution in [2.45, 2.75) is 58.0 Å². The van der Waals surface area contributed by atoms with Crippen LogP contribution in [0.25, 0.3) is 0 Å². The standard InChI is InChI=1S/C31H37NO6/c1-3-4-5-6-7-20-37-27-18-12-25(13-19-27)31(35)38-28-16-8-23(9-17-28)21-29(30(33)34)32-22-24-10-14-26(36-2)15-11-24/h8-19,29,32H,3-7,20-22H2,1-2H3,(H,33,34). The molecule has 0 aromatic heterocycles. The lowest BCUT2D eigenvalue weighted by atomic mass is 10.1. The van der Waals surface area contributed by atoms with Gasteiger partial charge >= 0.3 is 11.9 Å². The first-order chi connectivity index (χ1) is 18.5. The van der Waals surface area contributed by atoms with Gasteiger partial charge in [0.2, 0.25) is 0 Å². The van der Waals surface area contributed by atoms with Crippen LogP contribution in [0.15, 0.2) is 72.8 Å². The van der Waals surface area contributed by atoms with Gasteiger partial charge in [0.05, 0.1) is 19.3 Å². The Balaban J connectivity index is 1.46. The summed E-state index contributed by atoms with van der Waals surface area (Å²) >= 11 is 0. The second-order valence-electron chi connectivity index (χ2n) is 9.14. The van der Waals surface area contributed by atoms with Crippen molar-refractivity contribution < 1.29 is 28.9 Å². The highest BCUT2D eigenvalue weighted by molar-refractivity contribution is 5.91. The molecule has 0 heterocycles. The molecule has 0 saturated heterocycles. The predicted octanol–water partition coefficient (Wildman–Crippen LogP) is 6.05. The Morgan fingerprint density at radius 1 is 0.789 bits per heavy atom. The van der Waals surface area contributed by atoms with E-state index in [0.717, 1.165) is 35.5 Å². The van der Waals surface area contributed by atoms with Crippen LogP contribution in [0, 0.1) is 0 Å². The summed E-state index contributed by atoms with van der Waals surface area (Å²) < 4.78 is 16.4. The zero-order valence-corrected chi connectivity index (χ0v) is 22.2. The highest BCUT2D eigenvalue weighted by Crippen LogP contribution is 2.18. The maximum atomic E-state index is 12.5. The summed E-state index contributed by atoms with van der Waals surface area (Å²) in [4.78, 5) is 24.3. The number of hydrogen-bond acceptors (Lipinski definition) is 6.